The summed E-state index contributed by atoms with van der Waals surface area (Å²) >= 11 is 0. The fourth-order valence-electron chi connectivity index (χ4n) is 1.34. The van der Waals surface area contributed by atoms with Crippen molar-refractivity contribution in [3.63, 3.8) is 0 Å². The zero-order chi connectivity index (χ0) is 10.9. The SMILES string of the molecule is CN1CC(=O)N(CCC(C)(C)C)C1=O. The summed E-state index contributed by atoms with van der Waals surface area (Å²) in [7, 11) is 1.65. The standard InChI is InChI=1S/C10H18N2O2/c1-10(2,3)5-6-12-8(13)7-11(4)9(12)14/h5-7H2,1-4H3. The van der Waals surface area contributed by atoms with Gasteiger partial charge in [-0.1, -0.05) is 20.8 Å². The van der Waals surface area contributed by atoms with Crippen LogP contribution in [0.5, 0.6) is 0 Å². The Morgan fingerprint density at radius 1 is 1.29 bits per heavy atom. The molecule has 4 heteroatoms. The number of hydrogen-bond donors (Lipinski definition) is 0. The highest BCUT2D eigenvalue weighted by atomic mass is 16.2. The first kappa shape index (κ1) is 11.0. The first-order chi connectivity index (χ1) is 6.31. The molecule has 3 amide bonds. The third-order valence-corrected chi connectivity index (χ3v) is 2.32. The molecular weight excluding hydrogens is 180 g/mol. The molecule has 0 aromatic heterocycles. The van der Waals surface area contributed by atoms with Crippen molar-refractivity contribution in [1.29, 1.82) is 0 Å². The predicted molar refractivity (Wildman–Crippen MR) is 53.8 cm³/mol. The molecule has 0 N–H and O–H groups in total. The van der Waals surface area contributed by atoms with E-state index in [1.807, 2.05) is 0 Å². The van der Waals surface area contributed by atoms with Crippen molar-refractivity contribution in [3.8, 4) is 0 Å². The zero-order valence-electron chi connectivity index (χ0n) is 9.33. The number of rotatable bonds is 2. The van der Waals surface area contributed by atoms with Crippen LogP contribution in [0, 0.1) is 5.41 Å². The molecule has 1 aliphatic rings. The van der Waals surface area contributed by atoms with Crippen molar-refractivity contribution in [2.24, 2.45) is 5.41 Å². The third-order valence-electron chi connectivity index (χ3n) is 2.32. The van der Waals surface area contributed by atoms with Gasteiger partial charge in [-0.05, 0) is 11.8 Å². The fraction of sp³-hybridized carbons (Fsp3) is 0.800. The molecular formula is C10H18N2O2. The van der Waals surface area contributed by atoms with Crippen LogP contribution in [0.3, 0.4) is 0 Å². The first-order valence-corrected chi connectivity index (χ1v) is 4.87. The quantitative estimate of drug-likeness (QED) is 0.628. The molecule has 0 bridgehead atoms. The maximum atomic E-state index is 11.5. The number of amides is 3. The highest BCUT2D eigenvalue weighted by molar-refractivity contribution is 6.01. The van der Waals surface area contributed by atoms with Crippen LogP contribution in [0.4, 0.5) is 4.79 Å². The minimum Gasteiger partial charge on any atom is -0.318 e. The smallest absolute Gasteiger partial charge is 0.318 e. The van der Waals surface area contributed by atoms with Gasteiger partial charge in [-0.25, -0.2) is 4.79 Å². The third kappa shape index (κ3) is 2.47. The van der Waals surface area contributed by atoms with Gasteiger partial charge in [0.1, 0.15) is 6.54 Å². The molecule has 80 valence electrons. The summed E-state index contributed by atoms with van der Waals surface area (Å²) < 4.78 is 0. The van der Waals surface area contributed by atoms with E-state index in [9.17, 15) is 9.59 Å². The van der Waals surface area contributed by atoms with Crippen LogP contribution >= 0.6 is 0 Å². The normalized spacial score (nSPS) is 18.3. The molecule has 4 nitrogen and oxygen atoms in total. The molecule has 0 radical (unpaired) electrons. The summed E-state index contributed by atoms with van der Waals surface area (Å²) in [6.07, 6.45) is 0.846. The predicted octanol–water partition coefficient (Wildman–Crippen LogP) is 1.32. The summed E-state index contributed by atoms with van der Waals surface area (Å²) in [6, 6.07) is -0.167. The Balaban J connectivity index is 2.53. The Morgan fingerprint density at radius 3 is 2.21 bits per heavy atom. The largest absolute Gasteiger partial charge is 0.326 e. The molecule has 0 aromatic rings. The van der Waals surface area contributed by atoms with E-state index in [1.165, 1.54) is 9.80 Å². The van der Waals surface area contributed by atoms with E-state index in [2.05, 4.69) is 20.8 Å². The number of likely N-dealkylation sites (N-methyl/N-ethyl adjacent to an activating group) is 1. The molecule has 0 atom stereocenters. The van der Waals surface area contributed by atoms with Crippen molar-refractivity contribution in [3.05, 3.63) is 0 Å². The Bertz CT molecular complexity index is 255. The van der Waals surface area contributed by atoms with E-state index < -0.39 is 0 Å². The van der Waals surface area contributed by atoms with Gasteiger partial charge in [-0.3, -0.25) is 9.69 Å². The topological polar surface area (TPSA) is 40.6 Å². The molecule has 14 heavy (non-hydrogen) atoms. The highest BCUT2D eigenvalue weighted by Crippen LogP contribution is 2.20. The molecule has 0 spiro atoms. The minimum absolute atomic E-state index is 0.0817. The number of carbonyl (C=O) groups excluding carboxylic acids is 2. The lowest BCUT2D eigenvalue weighted by atomic mass is 9.92. The molecule has 0 aliphatic carbocycles. The zero-order valence-corrected chi connectivity index (χ0v) is 9.33. The number of hydrogen-bond acceptors (Lipinski definition) is 2. The van der Waals surface area contributed by atoms with Crippen LogP contribution in [-0.2, 0) is 4.79 Å². The first-order valence-electron chi connectivity index (χ1n) is 4.87. The lowest BCUT2D eigenvalue weighted by Crippen LogP contribution is -2.34. The van der Waals surface area contributed by atoms with Crippen LogP contribution in [0.15, 0.2) is 0 Å². The molecule has 1 saturated heterocycles. The van der Waals surface area contributed by atoms with Crippen LogP contribution in [-0.4, -0.2) is 41.9 Å². The number of imide groups is 1. The van der Waals surface area contributed by atoms with Crippen molar-refractivity contribution < 1.29 is 9.59 Å². The van der Waals surface area contributed by atoms with E-state index in [0.717, 1.165) is 6.42 Å². The number of nitrogens with zero attached hydrogens (tertiary/aromatic N) is 2. The van der Waals surface area contributed by atoms with Gasteiger partial charge in [-0.2, -0.15) is 0 Å². The molecule has 1 aliphatic heterocycles. The van der Waals surface area contributed by atoms with Gasteiger partial charge >= 0.3 is 6.03 Å². The van der Waals surface area contributed by atoms with Crippen molar-refractivity contribution >= 4 is 11.9 Å². The Morgan fingerprint density at radius 2 is 1.86 bits per heavy atom. The average molecular weight is 198 g/mol. The van der Waals surface area contributed by atoms with Gasteiger partial charge in [0.25, 0.3) is 0 Å². The highest BCUT2D eigenvalue weighted by Gasteiger charge is 2.33. The maximum Gasteiger partial charge on any atom is 0.326 e. The summed E-state index contributed by atoms with van der Waals surface area (Å²) in [6.45, 7) is 7.06. The van der Waals surface area contributed by atoms with Crippen LogP contribution in [0.1, 0.15) is 27.2 Å². The van der Waals surface area contributed by atoms with Crippen molar-refractivity contribution in [2.45, 2.75) is 27.2 Å². The molecule has 1 rings (SSSR count). The number of urea groups is 1. The van der Waals surface area contributed by atoms with Gasteiger partial charge in [0.2, 0.25) is 5.91 Å². The summed E-state index contributed by atoms with van der Waals surface area (Å²) in [5.41, 5.74) is 0.154. The Labute approximate surface area is 84.9 Å². The van der Waals surface area contributed by atoms with Crippen molar-refractivity contribution in [1.82, 2.24) is 9.80 Å². The van der Waals surface area contributed by atoms with Gasteiger partial charge < -0.3 is 4.90 Å². The minimum atomic E-state index is -0.167. The van der Waals surface area contributed by atoms with E-state index in [4.69, 9.17) is 0 Å². The Kier molecular flexibility index (Phi) is 2.83. The molecule has 0 aromatic carbocycles. The fourth-order valence-corrected chi connectivity index (χ4v) is 1.34. The Hall–Kier alpha value is -1.06. The monoisotopic (exact) mass is 198 g/mol. The summed E-state index contributed by atoms with van der Waals surface area (Å²) in [5.74, 6) is -0.0817. The average Bonchev–Trinajstić information content (AvgIpc) is 2.23. The van der Waals surface area contributed by atoms with Gasteiger partial charge in [-0.15, -0.1) is 0 Å². The van der Waals surface area contributed by atoms with E-state index in [-0.39, 0.29) is 23.9 Å². The van der Waals surface area contributed by atoms with Crippen LogP contribution < -0.4 is 0 Å². The summed E-state index contributed by atoms with van der Waals surface area (Å²) in [4.78, 5) is 25.6. The lowest BCUT2D eigenvalue weighted by Gasteiger charge is -2.21. The van der Waals surface area contributed by atoms with Crippen molar-refractivity contribution in [2.75, 3.05) is 20.1 Å². The van der Waals surface area contributed by atoms with Crippen LogP contribution in [0.2, 0.25) is 0 Å². The second-order valence-corrected chi connectivity index (χ2v) is 4.99. The van der Waals surface area contributed by atoms with E-state index >= 15 is 0 Å². The summed E-state index contributed by atoms with van der Waals surface area (Å²) in [5, 5.41) is 0. The molecule has 0 saturated carbocycles. The van der Waals surface area contributed by atoms with E-state index in [0.29, 0.717) is 6.54 Å². The van der Waals surface area contributed by atoms with Gasteiger partial charge in [0.05, 0.1) is 0 Å². The van der Waals surface area contributed by atoms with E-state index in [1.54, 1.807) is 7.05 Å². The second-order valence-electron chi connectivity index (χ2n) is 4.99. The van der Waals surface area contributed by atoms with Crippen LogP contribution in [0.25, 0.3) is 0 Å². The lowest BCUT2D eigenvalue weighted by molar-refractivity contribution is -0.125. The second kappa shape index (κ2) is 3.59. The molecule has 0 unspecified atom stereocenters. The maximum absolute atomic E-state index is 11.5. The van der Waals surface area contributed by atoms with Gasteiger partial charge in [0.15, 0.2) is 0 Å². The number of carbonyl (C=O) groups is 2. The van der Waals surface area contributed by atoms with Gasteiger partial charge in [0, 0.05) is 13.6 Å². The molecule has 1 heterocycles. The molecule has 1 fully saturated rings.